The fourth-order valence-electron chi connectivity index (χ4n) is 1.44. The summed E-state index contributed by atoms with van der Waals surface area (Å²) in [5.41, 5.74) is 1.28. The van der Waals surface area contributed by atoms with Crippen molar-refractivity contribution in [2.45, 2.75) is 32.8 Å². The predicted molar refractivity (Wildman–Crippen MR) is 70.6 cm³/mol. The average Bonchev–Trinajstić information content (AvgIpc) is 2.26. The van der Waals surface area contributed by atoms with Crippen molar-refractivity contribution < 1.29 is 9.53 Å². The van der Waals surface area contributed by atoms with Crippen LogP contribution in [0.4, 0.5) is 0 Å². The van der Waals surface area contributed by atoms with Gasteiger partial charge in [-0.15, -0.1) is 0 Å². The van der Waals surface area contributed by atoms with Crippen LogP contribution in [0.15, 0.2) is 30.3 Å². The highest BCUT2D eigenvalue weighted by Crippen LogP contribution is 2.12. The van der Waals surface area contributed by atoms with Crippen molar-refractivity contribution in [2.75, 3.05) is 0 Å². The number of benzene rings is 1. The van der Waals surface area contributed by atoms with E-state index >= 15 is 0 Å². The molecule has 0 radical (unpaired) electrons. The third kappa shape index (κ3) is 4.84. The summed E-state index contributed by atoms with van der Waals surface area (Å²) >= 11 is 0. The van der Waals surface area contributed by atoms with Crippen LogP contribution >= 0.6 is 0 Å². The Morgan fingerprint density at radius 3 is 2.67 bits per heavy atom. The van der Waals surface area contributed by atoms with Crippen molar-refractivity contribution in [3.05, 3.63) is 41.5 Å². The number of nitriles is 1. The minimum atomic E-state index is -0.492. The number of rotatable bonds is 3. The number of esters is 1. The van der Waals surface area contributed by atoms with Crippen molar-refractivity contribution in [3.8, 4) is 6.07 Å². The Bertz CT molecular complexity index is 490. The van der Waals surface area contributed by atoms with Gasteiger partial charge < -0.3 is 4.74 Å². The number of carbonyl (C=O) groups is 1. The van der Waals surface area contributed by atoms with Gasteiger partial charge in [0.05, 0.1) is 12.5 Å². The smallest absolute Gasteiger partial charge is 0.331 e. The largest absolute Gasteiger partial charge is 0.457 e. The van der Waals surface area contributed by atoms with E-state index in [1.165, 1.54) is 6.08 Å². The molecular formula is C15H17NO2. The van der Waals surface area contributed by atoms with Gasteiger partial charge in [0.25, 0.3) is 0 Å². The van der Waals surface area contributed by atoms with Gasteiger partial charge in [-0.05, 0) is 38.0 Å². The average molecular weight is 243 g/mol. The maximum atomic E-state index is 11.5. The first-order valence-corrected chi connectivity index (χ1v) is 5.78. The first-order chi connectivity index (χ1) is 8.42. The molecule has 0 N–H and O–H groups in total. The van der Waals surface area contributed by atoms with E-state index in [0.29, 0.717) is 6.42 Å². The van der Waals surface area contributed by atoms with Crippen LogP contribution in [0.25, 0.3) is 6.08 Å². The van der Waals surface area contributed by atoms with Crippen LogP contribution in [0.3, 0.4) is 0 Å². The summed E-state index contributed by atoms with van der Waals surface area (Å²) in [5, 5.41) is 8.71. The molecule has 0 unspecified atom stereocenters. The van der Waals surface area contributed by atoms with Gasteiger partial charge in [-0.3, -0.25) is 0 Å². The summed E-state index contributed by atoms with van der Waals surface area (Å²) in [4.78, 5) is 11.5. The highest BCUT2D eigenvalue weighted by Gasteiger charge is 2.13. The number of hydrogen-bond acceptors (Lipinski definition) is 3. The molecule has 0 spiro atoms. The fourth-order valence-corrected chi connectivity index (χ4v) is 1.44. The van der Waals surface area contributed by atoms with E-state index in [1.807, 2.05) is 45.0 Å². The monoisotopic (exact) mass is 243 g/mol. The Morgan fingerprint density at radius 2 is 2.06 bits per heavy atom. The zero-order chi connectivity index (χ0) is 13.6. The summed E-state index contributed by atoms with van der Waals surface area (Å²) in [6, 6.07) is 9.58. The molecule has 0 aliphatic carbocycles. The lowest BCUT2D eigenvalue weighted by molar-refractivity contribution is -0.148. The standard InChI is InChI=1S/C15H17NO2/c1-15(2,3)18-14(17)9-8-12-6-4-5-7-13(12)10-11-16/h4-9H,10H2,1-3H3. The molecule has 0 fully saturated rings. The van der Waals surface area contributed by atoms with Crippen LogP contribution in [0.2, 0.25) is 0 Å². The molecule has 0 aliphatic rings. The number of hydrogen-bond donors (Lipinski definition) is 0. The molecule has 0 heterocycles. The molecule has 0 aliphatic heterocycles. The zero-order valence-electron chi connectivity index (χ0n) is 10.9. The Labute approximate surface area is 108 Å². The Morgan fingerprint density at radius 1 is 1.39 bits per heavy atom. The van der Waals surface area contributed by atoms with Crippen molar-refractivity contribution >= 4 is 12.0 Å². The molecule has 1 rings (SSSR count). The van der Waals surface area contributed by atoms with Crippen LogP contribution in [-0.4, -0.2) is 11.6 Å². The molecule has 1 aromatic rings. The second kappa shape index (κ2) is 6.02. The molecule has 3 heteroatoms. The molecule has 0 bridgehead atoms. The summed E-state index contributed by atoms with van der Waals surface area (Å²) in [5.74, 6) is -0.380. The van der Waals surface area contributed by atoms with Gasteiger partial charge in [-0.1, -0.05) is 24.3 Å². The van der Waals surface area contributed by atoms with Gasteiger partial charge in [0.1, 0.15) is 5.60 Å². The van der Waals surface area contributed by atoms with Crippen LogP contribution < -0.4 is 0 Å². The van der Waals surface area contributed by atoms with E-state index in [0.717, 1.165) is 11.1 Å². The van der Waals surface area contributed by atoms with Crippen LogP contribution in [0.5, 0.6) is 0 Å². The third-order valence-corrected chi connectivity index (χ3v) is 2.13. The van der Waals surface area contributed by atoms with Gasteiger partial charge in [-0.25, -0.2) is 4.79 Å². The second-order valence-corrected chi connectivity index (χ2v) is 4.90. The van der Waals surface area contributed by atoms with E-state index in [4.69, 9.17) is 10.00 Å². The summed E-state index contributed by atoms with van der Waals surface area (Å²) in [7, 11) is 0. The normalized spacial score (nSPS) is 11.2. The summed E-state index contributed by atoms with van der Waals surface area (Å²) < 4.78 is 5.17. The lowest BCUT2D eigenvalue weighted by Gasteiger charge is -2.17. The molecule has 0 saturated carbocycles. The number of ether oxygens (including phenoxy) is 1. The molecule has 0 amide bonds. The maximum Gasteiger partial charge on any atom is 0.331 e. The van der Waals surface area contributed by atoms with E-state index in [-0.39, 0.29) is 5.97 Å². The summed E-state index contributed by atoms with van der Waals surface area (Å²) in [6.45, 7) is 5.47. The van der Waals surface area contributed by atoms with Crippen molar-refractivity contribution in [1.29, 1.82) is 5.26 Å². The van der Waals surface area contributed by atoms with E-state index < -0.39 is 5.60 Å². The third-order valence-electron chi connectivity index (χ3n) is 2.13. The number of carbonyl (C=O) groups excluding carboxylic acids is 1. The fraction of sp³-hybridized carbons (Fsp3) is 0.333. The topological polar surface area (TPSA) is 50.1 Å². The molecule has 0 atom stereocenters. The first kappa shape index (κ1) is 14.0. The van der Waals surface area contributed by atoms with Gasteiger partial charge in [0, 0.05) is 6.08 Å². The molecule has 0 saturated heterocycles. The lowest BCUT2D eigenvalue weighted by Crippen LogP contribution is -2.22. The van der Waals surface area contributed by atoms with Crippen molar-refractivity contribution in [2.24, 2.45) is 0 Å². The molecule has 1 aromatic carbocycles. The molecule has 0 aromatic heterocycles. The molecule has 18 heavy (non-hydrogen) atoms. The van der Waals surface area contributed by atoms with Crippen LogP contribution in [-0.2, 0) is 16.0 Å². The van der Waals surface area contributed by atoms with E-state index in [2.05, 4.69) is 6.07 Å². The van der Waals surface area contributed by atoms with Crippen molar-refractivity contribution in [3.63, 3.8) is 0 Å². The minimum Gasteiger partial charge on any atom is -0.457 e. The zero-order valence-corrected chi connectivity index (χ0v) is 10.9. The SMILES string of the molecule is CC(C)(C)OC(=O)C=Cc1ccccc1CC#N. The van der Waals surface area contributed by atoms with Crippen LogP contribution in [0, 0.1) is 11.3 Å². The molecule has 94 valence electrons. The van der Waals surface area contributed by atoms with Crippen LogP contribution in [0.1, 0.15) is 31.9 Å². The van der Waals surface area contributed by atoms with Gasteiger partial charge in [0.15, 0.2) is 0 Å². The van der Waals surface area contributed by atoms with E-state index in [1.54, 1.807) is 6.08 Å². The second-order valence-electron chi connectivity index (χ2n) is 4.90. The van der Waals surface area contributed by atoms with Gasteiger partial charge >= 0.3 is 5.97 Å². The Balaban J connectivity index is 2.79. The van der Waals surface area contributed by atoms with E-state index in [9.17, 15) is 4.79 Å². The minimum absolute atomic E-state index is 0.328. The summed E-state index contributed by atoms with van der Waals surface area (Å²) in [6.07, 6.45) is 3.40. The van der Waals surface area contributed by atoms with Crippen molar-refractivity contribution in [1.82, 2.24) is 0 Å². The molecule has 3 nitrogen and oxygen atoms in total. The predicted octanol–water partition coefficient (Wildman–Crippen LogP) is 3.11. The van der Waals surface area contributed by atoms with Gasteiger partial charge in [-0.2, -0.15) is 5.26 Å². The maximum absolute atomic E-state index is 11.5. The highest BCUT2D eigenvalue weighted by atomic mass is 16.6. The number of nitrogens with zero attached hydrogens (tertiary/aromatic N) is 1. The lowest BCUT2D eigenvalue weighted by atomic mass is 10.0. The Kier molecular flexibility index (Phi) is 4.67. The van der Waals surface area contributed by atoms with Gasteiger partial charge in [0.2, 0.25) is 0 Å². The molecular weight excluding hydrogens is 226 g/mol. The highest BCUT2D eigenvalue weighted by molar-refractivity contribution is 5.87. The Hall–Kier alpha value is -2.08. The first-order valence-electron chi connectivity index (χ1n) is 5.78. The quantitative estimate of drug-likeness (QED) is 0.605.